The van der Waals surface area contributed by atoms with Gasteiger partial charge in [-0.15, -0.1) is 0 Å². The second-order valence-electron chi connectivity index (χ2n) is 4.47. The van der Waals surface area contributed by atoms with Crippen LogP contribution in [0.15, 0.2) is 30.3 Å². The van der Waals surface area contributed by atoms with Crippen LogP contribution >= 0.6 is 0 Å². The number of nitrogens with two attached hydrogens (primary N) is 1. The van der Waals surface area contributed by atoms with Crippen molar-refractivity contribution in [1.29, 1.82) is 0 Å². The molecule has 0 spiro atoms. The Kier molecular flexibility index (Phi) is 5.02. The summed E-state index contributed by atoms with van der Waals surface area (Å²) < 4.78 is 0. The van der Waals surface area contributed by atoms with Crippen molar-refractivity contribution >= 4 is 11.9 Å². The number of aliphatic hydroxyl groups is 1. The van der Waals surface area contributed by atoms with Crippen LogP contribution in [-0.4, -0.2) is 38.9 Å². The minimum atomic E-state index is -2.13. The quantitative estimate of drug-likeness (QED) is 0.561. The standard InChI is InChI=1S/C13H17NO5/c14-10(11(15)16)8-13(19,12(17)18)7-6-9-4-2-1-3-5-9/h1-5,10,19H,6-8,14H2,(H,15,16)(H,17,18). The number of carboxylic acid groups (broad SMARTS) is 2. The molecular formula is C13H17NO5. The van der Waals surface area contributed by atoms with E-state index in [0.29, 0.717) is 6.42 Å². The molecule has 0 bridgehead atoms. The summed E-state index contributed by atoms with van der Waals surface area (Å²) in [7, 11) is 0. The van der Waals surface area contributed by atoms with Crippen LogP contribution in [0.1, 0.15) is 18.4 Å². The minimum absolute atomic E-state index is 0.0900. The summed E-state index contributed by atoms with van der Waals surface area (Å²) in [4.78, 5) is 21.7. The lowest BCUT2D eigenvalue weighted by atomic mass is 9.88. The van der Waals surface area contributed by atoms with Crippen molar-refractivity contribution in [3.05, 3.63) is 35.9 Å². The fraction of sp³-hybridized carbons (Fsp3) is 0.385. The van der Waals surface area contributed by atoms with Gasteiger partial charge in [-0.25, -0.2) is 4.79 Å². The van der Waals surface area contributed by atoms with Crippen LogP contribution < -0.4 is 5.73 Å². The molecule has 6 heteroatoms. The second-order valence-corrected chi connectivity index (χ2v) is 4.47. The normalized spacial score (nSPS) is 15.5. The summed E-state index contributed by atoms with van der Waals surface area (Å²) in [5.74, 6) is -2.79. The van der Waals surface area contributed by atoms with E-state index in [4.69, 9.17) is 15.9 Å². The Labute approximate surface area is 110 Å². The largest absolute Gasteiger partial charge is 0.480 e. The molecular weight excluding hydrogens is 250 g/mol. The monoisotopic (exact) mass is 267 g/mol. The number of aliphatic carboxylic acids is 2. The van der Waals surface area contributed by atoms with Gasteiger partial charge in [0.25, 0.3) is 0 Å². The van der Waals surface area contributed by atoms with Gasteiger partial charge in [0.15, 0.2) is 5.60 Å². The van der Waals surface area contributed by atoms with Gasteiger partial charge in [-0.1, -0.05) is 30.3 Å². The van der Waals surface area contributed by atoms with Crippen molar-refractivity contribution in [2.45, 2.75) is 30.9 Å². The zero-order chi connectivity index (χ0) is 14.5. The fourth-order valence-corrected chi connectivity index (χ4v) is 1.74. The zero-order valence-electron chi connectivity index (χ0n) is 10.3. The number of hydrogen-bond acceptors (Lipinski definition) is 4. The molecule has 0 fully saturated rings. The van der Waals surface area contributed by atoms with E-state index >= 15 is 0 Å². The summed E-state index contributed by atoms with van der Waals surface area (Å²) in [6.45, 7) is 0. The Hall–Kier alpha value is -1.92. The van der Waals surface area contributed by atoms with Crippen molar-refractivity contribution in [2.24, 2.45) is 5.73 Å². The van der Waals surface area contributed by atoms with Crippen LogP contribution in [0.3, 0.4) is 0 Å². The Morgan fingerprint density at radius 2 is 1.79 bits per heavy atom. The molecule has 0 saturated carbocycles. The lowest BCUT2D eigenvalue weighted by molar-refractivity contribution is -0.161. The first-order chi connectivity index (χ1) is 8.85. The van der Waals surface area contributed by atoms with Crippen LogP contribution in [0.2, 0.25) is 0 Å². The van der Waals surface area contributed by atoms with Gasteiger partial charge in [0.05, 0.1) is 0 Å². The first-order valence-electron chi connectivity index (χ1n) is 5.83. The lowest BCUT2D eigenvalue weighted by Gasteiger charge is -2.25. The van der Waals surface area contributed by atoms with Gasteiger partial charge in [-0.2, -0.15) is 0 Å². The van der Waals surface area contributed by atoms with Crippen LogP contribution in [0, 0.1) is 0 Å². The molecule has 0 heterocycles. The molecule has 0 aliphatic carbocycles. The average molecular weight is 267 g/mol. The maximum Gasteiger partial charge on any atom is 0.335 e. The third-order valence-electron chi connectivity index (χ3n) is 2.94. The van der Waals surface area contributed by atoms with Gasteiger partial charge in [-0.3, -0.25) is 4.79 Å². The van der Waals surface area contributed by atoms with Gasteiger partial charge < -0.3 is 21.1 Å². The van der Waals surface area contributed by atoms with Crippen molar-refractivity contribution in [3.8, 4) is 0 Å². The highest BCUT2D eigenvalue weighted by Crippen LogP contribution is 2.20. The Bertz CT molecular complexity index is 448. The third kappa shape index (κ3) is 4.35. The summed E-state index contributed by atoms with van der Waals surface area (Å²) >= 11 is 0. The van der Waals surface area contributed by atoms with Crippen molar-refractivity contribution in [2.75, 3.05) is 0 Å². The Morgan fingerprint density at radius 1 is 1.21 bits per heavy atom. The molecule has 104 valence electrons. The number of rotatable bonds is 7. The lowest BCUT2D eigenvalue weighted by Crippen LogP contribution is -2.46. The molecule has 5 N–H and O–H groups in total. The average Bonchev–Trinajstić information content (AvgIpc) is 2.37. The fourth-order valence-electron chi connectivity index (χ4n) is 1.74. The number of aryl methyl sites for hydroxylation is 1. The van der Waals surface area contributed by atoms with Crippen molar-refractivity contribution in [3.63, 3.8) is 0 Å². The van der Waals surface area contributed by atoms with Crippen LogP contribution in [-0.2, 0) is 16.0 Å². The van der Waals surface area contributed by atoms with Crippen LogP contribution in [0.25, 0.3) is 0 Å². The van der Waals surface area contributed by atoms with Crippen molar-refractivity contribution < 1.29 is 24.9 Å². The third-order valence-corrected chi connectivity index (χ3v) is 2.94. The van der Waals surface area contributed by atoms with Gasteiger partial charge >= 0.3 is 11.9 Å². The number of carbonyl (C=O) groups is 2. The highest BCUT2D eigenvalue weighted by atomic mass is 16.4. The second kappa shape index (κ2) is 6.31. The Balaban J connectivity index is 2.72. The molecule has 0 radical (unpaired) electrons. The predicted octanol–water partition coefficient (Wildman–Crippen LogP) is 0.237. The predicted molar refractivity (Wildman–Crippen MR) is 67.6 cm³/mol. The maximum atomic E-state index is 11.1. The molecule has 19 heavy (non-hydrogen) atoms. The molecule has 6 nitrogen and oxygen atoms in total. The first-order valence-corrected chi connectivity index (χ1v) is 5.83. The molecule has 2 atom stereocenters. The molecule has 2 unspecified atom stereocenters. The smallest absolute Gasteiger partial charge is 0.335 e. The highest BCUT2D eigenvalue weighted by molar-refractivity contribution is 5.80. The van der Waals surface area contributed by atoms with E-state index in [9.17, 15) is 14.7 Å². The molecule has 0 amide bonds. The first kappa shape index (κ1) is 15.1. The summed E-state index contributed by atoms with van der Waals surface area (Å²) in [5, 5.41) is 27.8. The van der Waals surface area contributed by atoms with E-state index in [0.717, 1.165) is 5.56 Å². The van der Waals surface area contributed by atoms with Crippen LogP contribution in [0.4, 0.5) is 0 Å². The summed E-state index contributed by atoms with van der Waals surface area (Å²) in [6.07, 6.45) is -0.284. The molecule has 0 aliphatic heterocycles. The topological polar surface area (TPSA) is 121 Å². The molecule has 0 aliphatic rings. The van der Waals surface area contributed by atoms with E-state index in [1.165, 1.54) is 0 Å². The molecule has 1 aromatic rings. The van der Waals surface area contributed by atoms with E-state index in [-0.39, 0.29) is 6.42 Å². The molecule has 1 rings (SSSR count). The van der Waals surface area contributed by atoms with E-state index in [2.05, 4.69) is 0 Å². The minimum Gasteiger partial charge on any atom is -0.480 e. The van der Waals surface area contributed by atoms with E-state index in [1.54, 1.807) is 24.3 Å². The van der Waals surface area contributed by atoms with Gasteiger partial charge in [0, 0.05) is 6.42 Å². The number of hydrogen-bond donors (Lipinski definition) is 4. The van der Waals surface area contributed by atoms with E-state index in [1.807, 2.05) is 6.07 Å². The summed E-state index contributed by atoms with van der Waals surface area (Å²) in [5.41, 5.74) is 4.02. The molecule has 0 aromatic heterocycles. The zero-order valence-corrected chi connectivity index (χ0v) is 10.3. The Morgan fingerprint density at radius 3 is 2.26 bits per heavy atom. The van der Waals surface area contributed by atoms with Gasteiger partial charge in [0.1, 0.15) is 6.04 Å². The maximum absolute atomic E-state index is 11.1. The number of carboxylic acids is 2. The van der Waals surface area contributed by atoms with Crippen LogP contribution in [0.5, 0.6) is 0 Å². The number of benzene rings is 1. The molecule has 0 saturated heterocycles. The highest BCUT2D eigenvalue weighted by Gasteiger charge is 2.38. The van der Waals surface area contributed by atoms with Gasteiger partial charge in [0.2, 0.25) is 0 Å². The molecule has 1 aromatic carbocycles. The van der Waals surface area contributed by atoms with Crippen molar-refractivity contribution in [1.82, 2.24) is 0 Å². The summed E-state index contributed by atoms with van der Waals surface area (Å²) in [6, 6.07) is 7.64. The SMILES string of the molecule is NC(CC(O)(CCc1ccccc1)C(=O)O)C(=O)O. The van der Waals surface area contributed by atoms with E-state index < -0.39 is 30.0 Å². The van der Waals surface area contributed by atoms with Gasteiger partial charge in [-0.05, 0) is 18.4 Å².